The summed E-state index contributed by atoms with van der Waals surface area (Å²) in [6.45, 7) is 2.29. The molecule has 1 atom stereocenters. The van der Waals surface area contributed by atoms with Crippen LogP contribution in [0.3, 0.4) is 0 Å². The van der Waals surface area contributed by atoms with Crippen LogP contribution in [-0.4, -0.2) is 57.5 Å². The van der Waals surface area contributed by atoms with E-state index in [9.17, 15) is 22.7 Å². The van der Waals surface area contributed by atoms with Crippen LogP contribution in [0.25, 0.3) is 11.4 Å². The Kier molecular flexibility index (Phi) is 10.2. The summed E-state index contributed by atoms with van der Waals surface area (Å²) in [5.74, 6) is 0.748. The first-order valence-electron chi connectivity index (χ1n) is 14.4. The summed E-state index contributed by atoms with van der Waals surface area (Å²) in [6.07, 6.45) is -5.67. The van der Waals surface area contributed by atoms with E-state index < -0.39 is 23.7 Å². The topological polar surface area (TPSA) is 128 Å². The monoisotopic (exact) mass is 665 g/mol. The first-order valence-corrected chi connectivity index (χ1v) is 14.4. The van der Waals surface area contributed by atoms with Crippen LogP contribution in [0.2, 0.25) is 0 Å². The molecule has 0 bridgehead atoms. The molecule has 2 aromatic carbocycles. The van der Waals surface area contributed by atoms with Crippen molar-refractivity contribution in [3.8, 4) is 28.8 Å². The molecule has 0 amide bonds. The number of hydrogen-bond acceptors (Lipinski definition) is 11. The van der Waals surface area contributed by atoms with Gasteiger partial charge in [0.2, 0.25) is 11.8 Å². The van der Waals surface area contributed by atoms with Gasteiger partial charge in [-0.15, -0.1) is 0 Å². The number of aryl methyl sites for hydroxylation is 1. The van der Waals surface area contributed by atoms with Crippen LogP contribution in [0.4, 0.5) is 35.0 Å². The molecule has 0 saturated heterocycles. The zero-order valence-corrected chi connectivity index (χ0v) is 26.3. The van der Waals surface area contributed by atoms with Crippen molar-refractivity contribution >= 4 is 17.5 Å². The largest absolute Gasteiger partial charge is 0.497 e. The molecule has 0 saturated carbocycles. The fraction of sp³-hybridized carbons (Fsp3) is 0.242. The molecule has 0 spiro atoms. The van der Waals surface area contributed by atoms with Crippen molar-refractivity contribution in [2.75, 3.05) is 31.5 Å². The molecule has 5 rings (SSSR count). The quantitative estimate of drug-likeness (QED) is 0.145. The summed E-state index contributed by atoms with van der Waals surface area (Å²) in [5, 5.41) is 12.9. The van der Waals surface area contributed by atoms with Crippen LogP contribution in [0.15, 0.2) is 73.1 Å². The predicted octanol–water partition coefficient (Wildman–Crippen LogP) is 6.35. The van der Waals surface area contributed by atoms with Gasteiger partial charge in [-0.05, 0) is 48.4 Å². The standard InChI is InChI=1S/C33H31F4N7O4/c1-19-40-30(26-13-22(28(45)33(35,36)37)15-38-29(26)42-23-14-27(34)31(48-4)39-16-23)43-32(41-19)44(17-20-5-9-24(46-2)10-6-20)18-21-7-11-25(47-3)12-8-21/h5-16,28,45H,17-18H2,1-4H3,(H,38,42). The van der Waals surface area contributed by atoms with E-state index in [4.69, 9.17) is 14.2 Å². The number of methoxy groups -OCH3 is 3. The number of pyridine rings is 2. The molecular weight excluding hydrogens is 634 g/mol. The minimum atomic E-state index is -4.97. The third kappa shape index (κ3) is 8.04. The normalized spacial score (nSPS) is 11.9. The van der Waals surface area contributed by atoms with Gasteiger partial charge < -0.3 is 29.5 Å². The second-order valence-electron chi connectivity index (χ2n) is 10.5. The van der Waals surface area contributed by atoms with E-state index in [1.807, 2.05) is 53.4 Å². The van der Waals surface area contributed by atoms with Crippen molar-refractivity contribution in [3.63, 3.8) is 0 Å². The molecule has 2 N–H and O–H groups in total. The minimum absolute atomic E-state index is 0.00683. The molecule has 3 aromatic heterocycles. The first-order chi connectivity index (χ1) is 23.0. The number of benzene rings is 2. The van der Waals surface area contributed by atoms with Crippen molar-refractivity contribution in [2.45, 2.75) is 32.3 Å². The maximum absolute atomic E-state index is 14.5. The maximum Gasteiger partial charge on any atom is 0.418 e. The van der Waals surface area contributed by atoms with Crippen molar-refractivity contribution in [2.24, 2.45) is 0 Å². The Morgan fingerprint density at radius 1 is 0.812 bits per heavy atom. The summed E-state index contributed by atoms with van der Waals surface area (Å²) < 4.78 is 70.6. The van der Waals surface area contributed by atoms with Gasteiger partial charge in [-0.3, -0.25) is 0 Å². The van der Waals surface area contributed by atoms with Crippen molar-refractivity contribution in [1.29, 1.82) is 0 Å². The molecule has 0 radical (unpaired) electrons. The lowest BCUT2D eigenvalue weighted by molar-refractivity contribution is -0.206. The van der Waals surface area contributed by atoms with Crippen molar-refractivity contribution in [3.05, 3.63) is 101 Å². The van der Waals surface area contributed by atoms with Gasteiger partial charge in [0.15, 0.2) is 17.7 Å². The van der Waals surface area contributed by atoms with Crippen LogP contribution < -0.4 is 24.4 Å². The smallest absolute Gasteiger partial charge is 0.418 e. The number of rotatable bonds is 12. The Hall–Kier alpha value is -5.57. The summed E-state index contributed by atoms with van der Waals surface area (Å²) in [4.78, 5) is 23.6. The van der Waals surface area contributed by atoms with Gasteiger partial charge in [0.1, 0.15) is 23.1 Å². The average molecular weight is 666 g/mol. The molecule has 0 aliphatic rings. The number of nitrogens with one attached hydrogen (secondary N) is 1. The molecule has 5 aromatic rings. The molecule has 250 valence electrons. The number of halogens is 4. The molecule has 3 heterocycles. The zero-order chi connectivity index (χ0) is 34.4. The third-order valence-corrected chi connectivity index (χ3v) is 7.12. The van der Waals surface area contributed by atoms with Crippen molar-refractivity contribution < 1.29 is 36.9 Å². The molecule has 11 nitrogen and oxygen atoms in total. The third-order valence-electron chi connectivity index (χ3n) is 7.12. The Bertz CT molecular complexity index is 1810. The lowest BCUT2D eigenvalue weighted by atomic mass is 10.1. The molecule has 1 unspecified atom stereocenters. The fourth-order valence-corrected chi connectivity index (χ4v) is 4.70. The van der Waals surface area contributed by atoms with Gasteiger partial charge in [-0.2, -0.15) is 23.1 Å². The van der Waals surface area contributed by atoms with Crippen LogP contribution >= 0.6 is 0 Å². The Balaban J connectivity index is 1.60. The van der Waals surface area contributed by atoms with Gasteiger partial charge >= 0.3 is 6.18 Å². The van der Waals surface area contributed by atoms with Crippen LogP contribution in [0, 0.1) is 12.7 Å². The fourth-order valence-electron chi connectivity index (χ4n) is 4.70. The molecule has 15 heteroatoms. The Morgan fingerprint density at radius 2 is 1.42 bits per heavy atom. The van der Waals surface area contributed by atoms with Crippen molar-refractivity contribution in [1.82, 2.24) is 24.9 Å². The Labute approximate surface area is 273 Å². The highest BCUT2D eigenvalue weighted by atomic mass is 19.4. The molecular formula is C33H31F4N7O4. The second-order valence-corrected chi connectivity index (χ2v) is 10.5. The number of alkyl halides is 3. The number of nitrogens with zero attached hydrogens (tertiary/aromatic N) is 6. The summed E-state index contributed by atoms with van der Waals surface area (Å²) in [7, 11) is 4.40. The average Bonchev–Trinajstić information content (AvgIpc) is 3.08. The summed E-state index contributed by atoms with van der Waals surface area (Å²) in [6, 6.07) is 17.0. The van der Waals surface area contributed by atoms with Gasteiger partial charge in [0.05, 0.1) is 38.8 Å². The van der Waals surface area contributed by atoms with E-state index in [2.05, 4.69) is 30.2 Å². The number of anilines is 3. The first kappa shape index (κ1) is 33.8. The summed E-state index contributed by atoms with van der Waals surface area (Å²) >= 11 is 0. The number of aromatic nitrogens is 5. The van der Waals surface area contributed by atoms with Gasteiger partial charge in [-0.1, -0.05) is 24.3 Å². The van der Waals surface area contributed by atoms with E-state index in [-0.39, 0.29) is 40.5 Å². The van der Waals surface area contributed by atoms with E-state index in [1.165, 1.54) is 13.3 Å². The molecule has 0 aliphatic carbocycles. The lowest BCUT2D eigenvalue weighted by Crippen LogP contribution is -2.25. The second kappa shape index (κ2) is 14.5. The highest BCUT2D eigenvalue weighted by Crippen LogP contribution is 2.36. The number of hydrogen-bond donors (Lipinski definition) is 2. The highest BCUT2D eigenvalue weighted by molar-refractivity contribution is 5.75. The molecule has 48 heavy (non-hydrogen) atoms. The van der Waals surface area contributed by atoms with Crippen LogP contribution in [0.5, 0.6) is 17.4 Å². The molecule has 0 aliphatic heterocycles. The van der Waals surface area contributed by atoms with Gasteiger partial charge in [0.25, 0.3) is 0 Å². The van der Waals surface area contributed by atoms with Crippen LogP contribution in [0.1, 0.15) is 28.6 Å². The van der Waals surface area contributed by atoms with Gasteiger partial charge in [0, 0.05) is 30.9 Å². The van der Waals surface area contributed by atoms with Gasteiger partial charge in [-0.25, -0.2) is 19.3 Å². The zero-order valence-electron chi connectivity index (χ0n) is 26.3. The molecule has 0 fully saturated rings. The van der Waals surface area contributed by atoms with E-state index in [0.717, 1.165) is 29.5 Å². The number of ether oxygens (including phenoxy) is 3. The highest BCUT2D eigenvalue weighted by Gasteiger charge is 2.40. The summed E-state index contributed by atoms with van der Waals surface area (Å²) in [5.41, 5.74) is 1.37. The number of aliphatic hydroxyl groups excluding tert-OH is 1. The van der Waals surface area contributed by atoms with Crippen LogP contribution in [-0.2, 0) is 13.1 Å². The Morgan fingerprint density at radius 3 is 1.94 bits per heavy atom. The lowest BCUT2D eigenvalue weighted by Gasteiger charge is -2.24. The number of aliphatic hydroxyl groups is 1. The predicted molar refractivity (Wildman–Crippen MR) is 169 cm³/mol. The maximum atomic E-state index is 14.5. The SMILES string of the molecule is COc1ccc(CN(Cc2ccc(OC)cc2)c2nc(C)nc(-c3cc(C(O)C(F)(F)F)cnc3Nc3cnc(OC)c(F)c3)n2)cc1. The van der Waals surface area contributed by atoms with E-state index in [0.29, 0.717) is 24.6 Å². The minimum Gasteiger partial charge on any atom is -0.497 e. The van der Waals surface area contributed by atoms with E-state index in [1.54, 1.807) is 21.1 Å². The van der Waals surface area contributed by atoms with E-state index >= 15 is 0 Å².